The van der Waals surface area contributed by atoms with Gasteiger partial charge in [0.15, 0.2) is 0 Å². The van der Waals surface area contributed by atoms with E-state index in [1.54, 1.807) is 6.92 Å². The van der Waals surface area contributed by atoms with Crippen LogP contribution in [0.2, 0.25) is 0 Å². The monoisotopic (exact) mass is 445 g/mol. The Morgan fingerprint density at radius 2 is 1.80 bits per heavy atom. The van der Waals surface area contributed by atoms with Crippen molar-refractivity contribution < 1.29 is 17.2 Å². The summed E-state index contributed by atoms with van der Waals surface area (Å²) in [6, 6.07) is 3.06. The molecular formula is C11H7Br2F2NO2S2. The molecule has 0 fully saturated rings. The first kappa shape index (κ1) is 15.9. The van der Waals surface area contributed by atoms with Crippen molar-refractivity contribution in [3.05, 3.63) is 43.0 Å². The smallest absolute Gasteiger partial charge is 0.263 e. The highest BCUT2D eigenvalue weighted by molar-refractivity contribution is 9.11. The van der Waals surface area contributed by atoms with Gasteiger partial charge < -0.3 is 0 Å². The third-order valence-corrected chi connectivity index (χ3v) is 6.17. The van der Waals surface area contributed by atoms with Gasteiger partial charge in [-0.1, -0.05) is 0 Å². The molecule has 1 aromatic heterocycles. The molecule has 0 atom stereocenters. The van der Waals surface area contributed by atoms with Crippen LogP contribution >= 0.6 is 43.2 Å². The number of sulfonamides is 1. The maximum Gasteiger partial charge on any atom is 0.263 e. The Labute approximate surface area is 135 Å². The molecule has 1 N–H and O–H groups in total. The molecule has 0 spiro atoms. The van der Waals surface area contributed by atoms with Gasteiger partial charge >= 0.3 is 0 Å². The molecule has 2 aromatic rings. The zero-order valence-corrected chi connectivity index (χ0v) is 14.7. The van der Waals surface area contributed by atoms with Crippen LogP contribution in [0, 0.1) is 18.6 Å². The van der Waals surface area contributed by atoms with Crippen LogP contribution in [0.4, 0.5) is 14.5 Å². The lowest BCUT2D eigenvalue weighted by Crippen LogP contribution is -2.14. The van der Waals surface area contributed by atoms with Gasteiger partial charge in [-0.25, -0.2) is 17.2 Å². The minimum Gasteiger partial charge on any atom is -0.277 e. The standard InChI is InChI=1S/C11H7Br2F2NO2S2/c1-5-10(4-11(13)19-5)20(17,18)16-9-3-7(14)6(12)2-8(9)15/h2-4,16H,1H3. The second kappa shape index (κ2) is 5.70. The molecule has 0 radical (unpaired) electrons. The highest BCUT2D eigenvalue weighted by atomic mass is 79.9. The predicted octanol–water partition coefficient (Wildman–Crippen LogP) is 4.66. The predicted molar refractivity (Wildman–Crippen MR) is 81.6 cm³/mol. The molecular weight excluding hydrogens is 440 g/mol. The number of hydrogen-bond acceptors (Lipinski definition) is 3. The molecule has 0 saturated heterocycles. The van der Waals surface area contributed by atoms with Crippen LogP contribution in [0.25, 0.3) is 0 Å². The maximum atomic E-state index is 13.7. The third-order valence-electron chi connectivity index (χ3n) is 2.39. The highest BCUT2D eigenvalue weighted by Crippen LogP contribution is 2.32. The van der Waals surface area contributed by atoms with E-state index >= 15 is 0 Å². The van der Waals surface area contributed by atoms with Gasteiger partial charge in [-0.3, -0.25) is 4.72 Å². The quantitative estimate of drug-likeness (QED) is 0.697. The zero-order chi connectivity index (χ0) is 15.1. The van der Waals surface area contributed by atoms with Gasteiger partial charge in [0.2, 0.25) is 0 Å². The van der Waals surface area contributed by atoms with E-state index in [4.69, 9.17) is 0 Å². The molecule has 2 rings (SSSR count). The number of halogens is 4. The summed E-state index contributed by atoms with van der Waals surface area (Å²) >= 11 is 7.24. The molecule has 0 aliphatic rings. The van der Waals surface area contributed by atoms with Gasteiger partial charge in [0, 0.05) is 10.9 Å². The zero-order valence-electron chi connectivity index (χ0n) is 9.88. The lowest BCUT2D eigenvalue weighted by Gasteiger charge is -2.09. The number of aryl methyl sites for hydroxylation is 1. The Kier molecular flexibility index (Phi) is 4.53. The summed E-state index contributed by atoms with van der Waals surface area (Å²) in [5.74, 6) is -1.62. The molecule has 9 heteroatoms. The average Bonchev–Trinajstić information content (AvgIpc) is 2.66. The first-order chi connectivity index (χ1) is 9.20. The topological polar surface area (TPSA) is 46.2 Å². The summed E-state index contributed by atoms with van der Waals surface area (Å²) in [6.45, 7) is 1.63. The number of nitrogens with one attached hydrogen (secondary N) is 1. The fourth-order valence-electron chi connectivity index (χ4n) is 1.50. The normalized spacial score (nSPS) is 11.7. The second-order valence-electron chi connectivity index (χ2n) is 3.82. The Bertz CT molecular complexity index is 775. The fraction of sp³-hybridized carbons (Fsp3) is 0.0909. The molecule has 0 bridgehead atoms. The molecule has 108 valence electrons. The van der Waals surface area contributed by atoms with Crippen LogP contribution in [0.1, 0.15) is 4.88 Å². The van der Waals surface area contributed by atoms with E-state index in [0.717, 1.165) is 12.1 Å². The van der Waals surface area contributed by atoms with E-state index in [1.165, 1.54) is 17.4 Å². The molecule has 20 heavy (non-hydrogen) atoms. The van der Waals surface area contributed by atoms with Crippen molar-refractivity contribution in [2.45, 2.75) is 11.8 Å². The number of anilines is 1. The minimum absolute atomic E-state index is 0.0251. The third kappa shape index (κ3) is 3.21. The summed E-state index contributed by atoms with van der Waals surface area (Å²) in [6.07, 6.45) is 0. The van der Waals surface area contributed by atoms with Gasteiger partial charge in [-0.15, -0.1) is 11.3 Å². The van der Waals surface area contributed by atoms with Crippen molar-refractivity contribution in [2.24, 2.45) is 0 Å². The van der Waals surface area contributed by atoms with Crippen molar-refractivity contribution in [2.75, 3.05) is 4.72 Å². The lowest BCUT2D eigenvalue weighted by atomic mass is 10.3. The van der Waals surface area contributed by atoms with Crippen LogP contribution in [0.3, 0.4) is 0 Å². The average molecular weight is 447 g/mol. The van der Waals surface area contributed by atoms with Crippen LogP contribution in [-0.4, -0.2) is 8.42 Å². The van der Waals surface area contributed by atoms with E-state index in [1.807, 2.05) is 4.72 Å². The molecule has 0 amide bonds. The number of thiophene rings is 1. The summed E-state index contributed by atoms with van der Waals surface area (Å²) in [5, 5.41) is 0. The molecule has 0 saturated carbocycles. The van der Waals surface area contributed by atoms with Gasteiger partial charge in [0.25, 0.3) is 10.0 Å². The molecule has 1 aromatic carbocycles. The van der Waals surface area contributed by atoms with Crippen molar-refractivity contribution >= 4 is 58.9 Å². The maximum absolute atomic E-state index is 13.7. The number of rotatable bonds is 3. The highest BCUT2D eigenvalue weighted by Gasteiger charge is 2.21. The van der Waals surface area contributed by atoms with Gasteiger partial charge in [-0.2, -0.15) is 0 Å². The molecule has 3 nitrogen and oxygen atoms in total. The summed E-state index contributed by atoms with van der Waals surface area (Å²) in [5.41, 5.74) is -0.438. The van der Waals surface area contributed by atoms with Crippen LogP contribution in [0.5, 0.6) is 0 Å². The van der Waals surface area contributed by atoms with Gasteiger partial charge in [0.1, 0.15) is 16.5 Å². The molecule has 0 unspecified atom stereocenters. The van der Waals surface area contributed by atoms with Gasteiger partial charge in [-0.05, 0) is 50.9 Å². The van der Waals surface area contributed by atoms with E-state index in [-0.39, 0.29) is 9.37 Å². The van der Waals surface area contributed by atoms with E-state index in [0.29, 0.717) is 8.66 Å². The van der Waals surface area contributed by atoms with Crippen LogP contribution < -0.4 is 4.72 Å². The summed E-state index contributed by atoms with van der Waals surface area (Å²) in [7, 11) is -3.97. The Morgan fingerprint density at radius 1 is 1.15 bits per heavy atom. The summed E-state index contributed by atoms with van der Waals surface area (Å²) < 4.78 is 53.9. The Hall–Kier alpha value is -0.510. The largest absolute Gasteiger partial charge is 0.277 e. The second-order valence-corrected chi connectivity index (χ2v) is 8.96. The van der Waals surface area contributed by atoms with Crippen LogP contribution in [-0.2, 0) is 10.0 Å². The van der Waals surface area contributed by atoms with Gasteiger partial charge in [0.05, 0.1) is 13.9 Å². The Balaban J connectivity index is 2.43. The SMILES string of the molecule is Cc1sc(Br)cc1S(=O)(=O)Nc1cc(F)c(Br)cc1F. The van der Waals surface area contributed by atoms with Crippen molar-refractivity contribution in [3.63, 3.8) is 0 Å². The Morgan fingerprint density at radius 3 is 2.35 bits per heavy atom. The molecule has 0 aliphatic heterocycles. The molecule has 0 aliphatic carbocycles. The van der Waals surface area contributed by atoms with Crippen molar-refractivity contribution in [3.8, 4) is 0 Å². The van der Waals surface area contributed by atoms with Crippen molar-refractivity contribution in [1.29, 1.82) is 0 Å². The van der Waals surface area contributed by atoms with Crippen molar-refractivity contribution in [1.82, 2.24) is 0 Å². The first-order valence-corrected chi connectivity index (χ1v) is 9.02. The van der Waals surface area contributed by atoms with Crippen LogP contribution in [0.15, 0.2) is 31.4 Å². The number of benzene rings is 1. The minimum atomic E-state index is -3.97. The van der Waals surface area contributed by atoms with E-state index in [2.05, 4.69) is 31.9 Å². The summed E-state index contributed by atoms with van der Waals surface area (Å²) in [4.78, 5) is 0.569. The lowest BCUT2D eigenvalue weighted by molar-refractivity contribution is 0.591. The van der Waals surface area contributed by atoms with E-state index in [9.17, 15) is 17.2 Å². The first-order valence-electron chi connectivity index (χ1n) is 5.14. The fourth-order valence-corrected chi connectivity index (χ4v) is 5.29. The van der Waals surface area contributed by atoms with E-state index < -0.39 is 27.3 Å². The molecule has 1 heterocycles. The number of hydrogen-bond donors (Lipinski definition) is 1.